The number of amides is 2. The number of anilines is 2. The number of nitrogens with zero attached hydrogens (tertiary/aromatic N) is 7. The summed E-state index contributed by atoms with van der Waals surface area (Å²) in [5.74, 6) is 0.418. The zero-order chi connectivity index (χ0) is 30.4. The minimum absolute atomic E-state index is 0.0720. The summed E-state index contributed by atoms with van der Waals surface area (Å²) in [6.45, 7) is 14.1. The van der Waals surface area contributed by atoms with Gasteiger partial charge in [0.1, 0.15) is 22.0 Å². The van der Waals surface area contributed by atoms with Crippen LogP contribution in [0.1, 0.15) is 71.7 Å². The highest BCUT2D eigenvalue weighted by atomic mass is 32.1. The summed E-state index contributed by atoms with van der Waals surface area (Å²) in [6.07, 6.45) is 6.51. The van der Waals surface area contributed by atoms with Crippen molar-refractivity contribution in [2.75, 3.05) is 18.0 Å². The van der Waals surface area contributed by atoms with E-state index in [1.54, 1.807) is 15.6 Å². The van der Waals surface area contributed by atoms with Crippen LogP contribution in [0.2, 0.25) is 0 Å². The SMILES string of the molecule is Cc1cc(N(C(=O)OC(C)(C)C)c2cc(C3CCCN(C(=O)OC(C)(C)C)C3)nc3c(-c4ccn(C)c4)cnn23)sn1. The number of carbonyl (C=O) groups is 2. The lowest BCUT2D eigenvalue weighted by atomic mass is 9.94. The minimum atomic E-state index is -0.722. The second-order valence-electron chi connectivity index (χ2n) is 12.8. The van der Waals surface area contributed by atoms with E-state index in [1.807, 2.05) is 90.7 Å². The molecule has 5 heterocycles. The van der Waals surface area contributed by atoms with Crippen LogP contribution in [0.5, 0.6) is 0 Å². The zero-order valence-corrected chi connectivity index (χ0v) is 26.4. The van der Waals surface area contributed by atoms with Crippen molar-refractivity contribution in [1.29, 1.82) is 0 Å². The first-order valence-electron chi connectivity index (χ1n) is 14.1. The van der Waals surface area contributed by atoms with Gasteiger partial charge in [-0.3, -0.25) is 0 Å². The number of carbonyl (C=O) groups excluding carboxylic acids is 2. The third-order valence-electron chi connectivity index (χ3n) is 6.75. The van der Waals surface area contributed by atoms with Crippen LogP contribution >= 0.6 is 11.5 Å². The molecule has 1 unspecified atom stereocenters. The van der Waals surface area contributed by atoms with Gasteiger partial charge in [0.2, 0.25) is 0 Å². The molecule has 2 amide bonds. The Morgan fingerprint density at radius 1 is 1.10 bits per heavy atom. The third-order valence-corrected chi connectivity index (χ3v) is 7.61. The summed E-state index contributed by atoms with van der Waals surface area (Å²) in [6, 6.07) is 5.75. The van der Waals surface area contributed by atoms with Gasteiger partial charge >= 0.3 is 12.2 Å². The quantitative estimate of drug-likeness (QED) is 0.260. The molecule has 0 N–H and O–H groups in total. The Bertz CT molecular complexity index is 1610. The lowest BCUT2D eigenvalue weighted by Crippen LogP contribution is -2.42. The number of likely N-dealkylation sites (tertiary alicyclic amines) is 1. The molecule has 0 aliphatic carbocycles. The molecule has 0 radical (unpaired) electrons. The molecule has 1 aliphatic heterocycles. The number of fused-ring (bicyclic) bond motifs is 1. The molecule has 1 atom stereocenters. The summed E-state index contributed by atoms with van der Waals surface area (Å²) >= 11 is 1.21. The maximum atomic E-state index is 13.8. The van der Waals surface area contributed by atoms with Crippen molar-refractivity contribution in [1.82, 2.24) is 28.4 Å². The normalized spacial score (nSPS) is 16.1. The van der Waals surface area contributed by atoms with Gasteiger partial charge in [0, 0.05) is 55.6 Å². The molecule has 1 aliphatic rings. The predicted octanol–water partition coefficient (Wildman–Crippen LogP) is 6.69. The Kier molecular flexibility index (Phi) is 7.78. The molecule has 11 nitrogen and oxygen atoms in total. The molecule has 1 fully saturated rings. The van der Waals surface area contributed by atoms with Crippen LogP contribution in [0.4, 0.5) is 20.4 Å². The molecule has 0 aromatic carbocycles. The third kappa shape index (κ3) is 6.43. The van der Waals surface area contributed by atoms with Crippen molar-refractivity contribution in [2.24, 2.45) is 7.05 Å². The Balaban J connectivity index is 1.65. The van der Waals surface area contributed by atoms with Crippen LogP contribution in [0.15, 0.2) is 36.8 Å². The van der Waals surface area contributed by atoms with Gasteiger partial charge in [-0.25, -0.2) is 19.5 Å². The number of hydrogen-bond acceptors (Lipinski definition) is 8. The van der Waals surface area contributed by atoms with E-state index >= 15 is 0 Å². The van der Waals surface area contributed by atoms with Crippen molar-refractivity contribution < 1.29 is 19.1 Å². The zero-order valence-electron chi connectivity index (χ0n) is 25.5. The maximum Gasteiger partial charge on any atom is 0.421 e. The summed E-state index contributed by atoms with van der Waals surface area (Å²) in [7, 11) is 1.96. The Morgan fingerprint density at radius 2 is 1.83 bits per heavy atom. The summed E-state index contributed by atoms with van der Waals surface area (Å²) in [5, 5.41) is 5.31. The molecule has 0 spiro atoms. The molecule has 4 aromatic rings. The number of rotatable bonds is 4. The first-order valence-corrected chi connectivity index (χ1v) is 14.9. The highest BCUT2D eigenvalue weighted by Gasteiger charge is 2.33. The van der Waals surface area contributed by atoms with Crippen molar-refractivity contribution in [3.63, 3.8) is 0 Å². The van der Waals surface area contributed by atoms with Gasteiger partial charge in [-0.2, -0.15) is 14.0 Å². The number of ether oxygens (including phenoxy) is 2. The Hall–Kier alpha value is -3.93. The predicted molar refractivity (Wildman–Crippen MR) is 162 cm³/mol. The monoisotopic (exact) mass is 593 g/mol. The van der Waals surface area contributed by atoms with Gasteiger partial charge in [-0.1, -0.05) is 0 Å². The van der Waals surface area contributed by atoms with Gasteiger partial charge in [0.25, 0.3) is 0 Å². The minimum Gasteiger partial charge on any atom is -0.444 e. The van der Waals surface area contributed by atoms with Crippen molar-refractivity contribution in [2.45, 2.75) is 78.4 Å². The highest BCUT2D eigenvalue weighted by Crippen LogP contribution is 2.37. The Labute approximate surface area is 250 Å². The summed E-state index contributed by atoms with van der Waals surface area (Å²) < 4.78 is 19.6. The number of aromatic nitrogens is 5. The molecule has 5 rings (SSSR count). The molecule has 224 valence electrons. The molecule has 4 aromatic heterocycles. The standard InChI is InChI=1S/C30H39N7O4S/c1-19-14-25(42-33-19)36(28(39)41-30(5,6)7)24-15-23(21-10-9-12-35(18-21)27(38)40-29(2,3)4)32-26-22(16-31-37(24)26)20-11-13-34(8)17-20/h11,13-17,21H,9-10,12,18H2,1-8H3. The smallest absolute Gasteiger partial charge is 0.421 e. The van der Waals surface area contributed by atoms with Crippen LogP contribution in [-0.4, -0.2) is 64.9 Å². The molecular weight excluding hydrogens is 554 g/mol. The topological polar surface area (TPSA) is 107 Å². The van der Waals surface area contributed by atoms with E-state index in [9.17, 15) is 9.59 Å². The van der Waals surface area contributed by atoms with Gasteiger partial charge < -0.3 is 18.9 Å². The first kappa shape index (κ1) is 29.6. The second-order valence-corrected chi connectivity index (χ2v) is 13.6. The van der Waals surface area contributed by atoms with E-state index in [1.165, 1.54) is 16.4 Å². The van der Waals surface area contributed by atoms with Gasteiger partial charge in [-0.15, -0.1) is 0 Å². The van der Waals surface area contributed by atoms with E-state index in [0.29, 0.717) is 29.6 Å². The van der Waals surface area contributed by atoms with Crippen molar-refractivity contribution in [3.05, 3.63) is 48.2 Å². The fourth-order valence-electron chi connectivity index (χ4n) is 4.97. The number of aryl methyl sites for hydroxylation is 2. The molecular formula is C30H39N7O4S. The van der Waals surface area contributed by atoms with E-state index in [2.05, 4.69) is 4.37 Å². The molecule has 42 heavy (non-hydrogen) atoms. The van der Waals surface area contributed by atoms with E-state index in [0.717, 1.165) is 35.4 Å². The molecule has 1 saturated heterocycles. The van der Waals surface area contributed by atoms with Crippen LogP contribution in [0, 0.1) is 6.92 Å². The average Bonchev–Trinajstić information content (AvgIpc) is 3.62. The largest absolute Gasteiger partial charge is 0.444 e. The van der Waals surface area contributed by atoms with E-state index in [4.69, 9.17) is 19.6 Å². The van der Waals surface area contributed by atoms with Gasteiger partial charge in [0.05, 0.1) is 17.6 Å². The summed E-state index contributed by atoms with van der Waals surface area (Å²) in [5.41, 5.74) is 2.65. The van der Waals surface area contributed by atoms with Gasteiger partial charge in [-0.05, 0) is 85.0 Å². The van der Waals surface area contributed by atoms with Gasteiger partial charge in [0.15, 0.2) is 5.65 Å². The molecule has 12 heteroatoms. The summed E-state index contributed by atoms with van der Waals surface area (Å²) in [4.78, 5) is 35.2. The lowest BCUT2D eigenvalue weighted by Gasteiger charge is -2.34. The van der Waals surface area contributed by atoms with Crippen molar-refractivity contribution in [3.8, 4) is 11.1 Å². The van der Waals surface area contributed by atoms with Crippen LogP contribution in [0.3, 0.4) is 0 Å². The number of piperidine rings is 1. The van der Waals surface area contributed by atoms with Crippen LogP contribution < -0.4 is 4.90 Å². The molecule has 0 saturated carbocycles. The van der Waals surface area contributed by atoms with Crippen LogP contribution in [0.25, 0.3) is 16.8 Å². The lowest BCUT2D eigenvalue weighted by molar-refractivity contribution is 0.0197. The first-order chi connectivity index (χ1) is 19.7. The molecule has 0 bridgehead atoms. The second kappa shape index (κ2) is 11.0. The maximum absolute atomic E-state index is 13.8. The highest BCUT2D eigenvalue weighted by molar-refractivity contribution is 7.10. The number of hydrogen-bond donors (Lipinski definition) is 0. The van der Waals surface area contributed by atoms with Crippen molar-refractivity contribution >= 4 is 40.2 Å². The van der Waals surface area contributed by atoms with Crippen LogP contribution in [-0.2, 0) is 16.5 Å². The Morgan fingerprint density at radius 3 is 2.45 bits per heavy atom. The average molecular weight is 594 g/mol. The fraction of sp³-hybridized carbons (Fsp3) is 0.500. The fourth-order valence-corrected chi connectivity index (χ4v) is 5.73. The van der Waals surface area contributed by atoms with E-state index in [-0.39, 0.29) is 12.0 Å². The van der Waals surface area contributed by atoms with E-state index < -0.39 is 17.3 Å².